The number of amides is 2. The van der Waals surface area contributed by atoms with E-state index in [2.05, 4.69) is 26.2 Å². The van der Waals surface area contributed by atoms with E-state index in [1.54, 1.807) is 23.1 Å². The molecule has 0 radical (unpaired) electrons. The van der Waals surface area contributed by atoms with Crippen LogP contribution in [0.3, 0.4) is 0 Å². The monoisotopic (exact) mass is 395 g/mol. The lowest BCUT2D eigenvalue weighted by molar-refractivity contribution is -0.120. The van der Waals surface area contributed by atoms with Gasteiger partial charge in [0.25, 0.3) is 0 Å². The van der Waals surface area contributed by atoms with Crippen LogP contribution in [0.5, 0.6) is 0 Å². The van der Waals surface area contributed by atoms with Gasteiger partial charge < -0.3 is 10.1 Å². The van der Waals surface area contributed by atoms with Crippen LogP contribution in [-0.4, -0.2) is 41.1 Å². The zero-order chi connectivity index (χ0) is 17.3. The molecule has 6 nitrogen and oxygen atoms in total. The third-order valence-electron chi connectivity index (χ3n) is 4.51. The minimum atomic E-state index is -0.493. The molecule has 130 valence electrons. The zero-order valence-electron chi connectivity index (χ0n) is 13.9. The zero-order valence-corrected chi connectivity index (χ0v) is 15.5. The Kier molecular flexibility index (Phi) is 4.80. The van der Waals surface area contributed by atoms with Crippen molar-refractivity contribution >= 4 is 33.7 Å². The number of hydrogen-bond donors (Lipinski definition) is 1. The lowest BCUT2D eigenvalue weighted by Gasteiger charge is -2.23. The predicted octanol–water partition coefficient (Wildman–Crippen LogP) is 3.43. The molecule has 1 aliphatic carbocycles. The van der Waals surface area contributed by atoms with Crippen molar-refractivity contribution in [1.82, 2.24) is 9.88 Å². The Labute approximate surface area is 150 Å². The SMILES string of the molecule is CC(C)COC(=O)N1CC2(CC2)CC1C(=O)Nc1cccc(Br)n1. The summed E-state index contributed by atoms with van der Waals surface area (Å²) in [5.74, 6) is 0.539. The number of aromatic nitrogens is 1. The van der Waals surface area contributed by atoms with E-state index in [4.69, 9.17) is 4.74 Å². The summed E-state index contributed by atoms with van der Waals surface area (Å²) in [7, 11) is 0. The van der Waals surface area contributed by atoms with Crippen molar-refractivity contribution in [3.05, 3.63) is 22.8 Å². The molecule has 24 heavy (non-hydrogen) atoms. The molecular formula is C17H22BrN3O3. The molecule has 7 heteroatoms. The number of rotatable bonds is 4. The van der Waals surface area contributed by atoms with Gasteiger partial charge in [0.2, 0.25) is 5.91 Å². The van der Waals surface area contributed by atoms with Gasteiger partial charge in [-0.05, 0) is 58.7 Å². The summed E-state index contributed by atoms with van der Waals surface area (Å²) in [6.45, 7) is 4.95. The Hall–Kier alpha value is -1.63. The highest BCUT2D eigenvalue weighted by Crippen LogP contribution is 2.55. The number of carbonyl (C=O) groups is 2. The molecule has 2 fully saturated rings. The summed E-state index contributed by atoms with van der Waals surface area (Å²) in [4.78, 5) is 30.9. The van der Waals surface area contributed by atoms with E-state index < -0.39 is 12.1 Å². The molecule has 1 unspecified atom stereocenters. The van der Waals surface area contributed by atoms with Gasteiger partial charge in [0.1, 0.15) is 16.5 Å². The maximum Gasteiger partial charge on any atom is 0.410 e. The van der Waals surface area contributed by atoms with Gasteiger partial charge in [-0.25, -0.2) is 9.78 Å². The maximum atomic E-state index is 12.7. The van der Waals surface area contributed by atoms with Gasteiger partial charge in [0.15, 0.2) is 0 Å². The van der Waals surface area contributed by atoms with Crippen LogP contribution >= 0.6 is 15.9 Å². The van der Waals surface area contributed by atoms with Crippen molar-refractivity contribution in [2.75, 3.05) is 18.5 Å². The highest BCUT2D eigenvalue weighted by Gasteiger charge is 2.55. The van der Waals surface area contributed by atoms with Gasteiger partial charge in [-0.15, -0.1) is 0 Å². The highest BCUT2D eigenvalue weighted by atomic mass is 79.9. The summed E-state index contributed by atoms with van der Waals surface area (Å²) >= 11 is 3.29. The van der Waals surface area contributed by atoms with E-state index in [1.165, 1.54) is 0 Å². The Morgan fingerprint density at radius 2 is 2.21 bits per heavy atom. The van der Waals surface area contributed by atoms with Gasteiger partial charge >= 0.3 is 6.09 Å². The van der Waals surface area contributed by atoms with E-state index in [0.717, 1.165) is 12.8 Å². The second-order valence-electron chi connectivity index (χ2n) is 7.15. The molecule has 1 aromatic rings. The second kappa shape index (κ2) is 6.70. The van der Waals surface area contributed by atoms with Gasteiger partial charge in [0, 0.05) is 6.54 Å². The first-order valence-electron chi connectivity index (χ1n) is 8.25. The third-order valence-corrected chi connectivity index (χ3v) is 4.95. The fourth-order valence-electron chi connectivity index (χ4n) is 3.03. The largest absolute Gasteiger partial charge is 0.449 e. The van der Waals surface area contributed by atoms with E-state index in [9.17, 15) is 9.59 Å². The van der Waals surface area contributed by atoms with E-state index in [0.29, 0.717) is 30.0 Å². The van der Waals surface area contributed by atoms with Crippen LogP contribution in [-0.2, 0) is 9.53 Å². The van der Waals surface area contributed by atoms with E-state index in [1.807, 2.05) is 13.8 Å². The molecule has 1 spiro atoms. The van der Waals surface area contributed by atoms with Crippen molar-refractivity contribution in [2.24, 2.45) is 11.3 Å². The Morgan fingerprint density at radius 3 is 2.83 bits per heavy atom. The fourth-order valence-corrected chi connectivity index (χ4v) is 3.37. The van der Waals surface area contributed by atoms with E-state index >= 15 is 0 Å². The first-order valence-corrected chi connectivity index (χ1v) is 9.05. The van der Waals surface area contributed by atoms with Gasteiger partial charge in [0.05, 0.1) is 6.61 Å². The Balaban J connectivity index is 1.69. The van der Waals surface area contributed by atoms with E-state index in [-0.39, 0.29) is 17.2 Å². The summed E-state index contributed by atoms with van der Waals surface area (Å²) in [6, 6.07) is 4.83. The lowest BCUT2D eigenvalue weighted by Crippen LogP contribution is -2.43. The maximum absolute atomic E-state index is 12.7. The van der Waals surface area contributed by atoms with Crippen LogP contribution < -0.4 is 5.32 Å². The summed E-state index contributed by atoms with van der Waals surface area (Å²) in [5, 5.41) is 2.81. The Morgan fingerprint density at radius 1 is 1.46 bits per heavy atom. The first-order chi connectivity index (χ1) is 11.4. The molecule has 1 saturated carbocycles. The van der Waals surface area contributed by atoms with Crippen LogP contribution in [0, 0.1) is 11.3 Å². The van der Waals surface area contributed by atoms with Crippen LogP contribution in [0.4, 0.5) is 10.6 Å². The number of carbonyl (C=O) groups excluding carboxylic acids is 2. The standard InChI is InChI=1S/C17H22BrN3O3/c1-11(2)9-24-16(23)21-10-17(6-7-17)8-12(21)15(22)20-14-5-3-4-13(18)19-14/h3-5,11-12H,6-10H2,1-2H3,(H,19,20,22). The molecule has 1 saturated heterocycles. The molecule has 0 bridgehead atoms. The quantitative estimate of drug-likeness (QED) is 0.792. The second-order valence-corrected chi connectivity index (χ2v) is 7.97. The minimum absolute atomic E-state index is 0.115. The van der Waals surface area contributed by atoms with Crippen molar-refractivity contribution in [2.45, 2.75) is 39.2 Å². The van der Waals surface area contributed by atoms with Crippen LogP contribution in [0.25, 0.3) is 0 Å². The number of hydrogen-bond acceptors (Lipinski definition) is 4. The van der Waals surface area contributed by atoms with Gasteiger partial charge in [-0.2, -0.15) is 0 Å². The molecule has 1 aliphatic heterocycles. The third kappa shape index (κ3) is 3.88. The fraction of sp³-hybridized carbons (Fsp3) is 0.588. The van der Waals surface area contributed by atoms with Gasteiger partial charge in [-0.1, -0.05) is 19.9 Å². The number of nitrogens with one attached hydrogen (secondary N) is 1. The lowest BCUT2D eigenvalue weighted by atomic mass is 10.0. The Bertz CT molecular complexity index is 646. The summed E-state index contributed by atoms with van der Waals surface area (Å²) in [6.07, 6.45) is 2.44. The highest BCUT2D eigenvalue weighted by molar-refractivity contribution is 9.10. The summed E-state index contributed by atoms with van der Waals surface area (Å²) < 4.78 is 5.99. The number of nitrogens with zero attached hydrogens (tertiary/aromatic N) is 2. The van der Waals surface area contributed by atoms with Crippen molar-refractivity contribution in [1.29, 1.82) is 0 Å². The molecule has 1 N–H and O–H groups in total. The average molecular weight is 396 g/mol. The average Bonchev–Trinajstić information content (AvgIpc) is 3.15. The summed E-state index contributed by atoms with van der Waals surface area (Å²) in [5.41, 5.74) is 0.115. The predicted molar refractivity (Wildman–Crippen MR) is 93.5 cm³/mol. The van der Waals surface area contributed by atoms with Gasteiger partial charge in [-0.3, -0.25) is 9.69 Å². The smallest absolute Gasteiger partial charge is 0.410 e. The molecule has 3 rings (SSSR count). The number of anilines is 1. The topological polar surface area (TPSA) is 71.5 Å². The number of halogens is 1. The van der Waals surface area contributed by atoms with Crippen LogP contribution in [0.1, 0.15) is 33.1 Å². The molecule has 2 aliphatic rings. The molecule has 2 amide bonds. The molecule has 1 atom stereocenters. The molecular weight excluding hydrogens is 374 g/mol. The number of ether oxygens (including phenoxy) is 1. The minimum Gasteiger partial charge on any atom is -0.449 e. The van der Waals surface area contributed by atoms with Crippen molar-refractivity contribution in [3.8, 4) is 0 Å². The first kappa shape index (κ1) is 17.2. The van der Waals surface area contributed by atoms with Crippen LogP contribution in [0.2, 0.25) is 0 Å². The normalized spacial score (nSPS) is 21.2. The number of likely N-dealkylation sites (tertiary alicyclic amines) is 1. The van der Waals surface area contributed by atoms with Crippen LogP contribution in [0.15, 0.2) is 22.8 Å². The number of pyridine rings is 1. The molecule has 2 heterocycles. The molecule has 1 aromatic heterocycles. The van der Waals surface area contributed by atoms with Crippen molar-refractivity contribution in [3.63, 3.8) is 0 Å². The van der Waals surface area contributed by atoms with Crippen molar-refractivity contribution < 1.29 is 14.3 Å². The molecule has 0 aromatic carbocycles.